The normalized spacial score (nSPS) is 12.6. The van der Waals surface area contributed by atoms with E-state index in [1.54, 1.807) is 0 Å². The fourth-order valence-corrected chi connectivity index (χ4v) is 12.2. The number of carbonyl (C=O) groups is 2. The highest BCUT2D eigenvalue weighted by Gasteiger charge is 2.20. The third kappa shape index (κ3) is 69.3. The van der Waals surface area contributed by atoms with Crippen LogP contribution in [0.4, 0.5) is 0 Å². The molecule has 0 aliphatic heterocycles. The Balaban J connectivity index is 3.35. The number of hydrogen-bond acceptors (Lipinski definition) is 5. The zero-order valence-corrected chi connectivity index (χ0v) is 56.5. The van der Waals surface area contributed by atoms with Gasteiger partial charge in [-0.05, 0) is 57.8 Å². The van der Waals surface area contributed by atoms with Crippen LogP contribution in [0.3, 0.4) is 0 Å². The molecule has 3 N–H and O–H groups in total. The fourth-order valence-electron chi connectivity index (χ4n) is 12.2. The van der Waals surface area contributed by atoms with Crippen molar-refractivity contribution in [3.63, 3.8) is 0 Å². The molecular weight excluding hydrogens is 1020 g/mol. The number of ether oxygens (including phenoxy) is 1. The van der Waals surface area contributed by atoms with Crippen molar-refractivity contribution in [1.82, 2.24) is 5.32 Å². The van der Waals surface area contributed by atoms with Crippen molar-refractivity contribution in [1.29, 1.82) is 0 Å². The minimum absolute atomic E-state index is 0.0146. The van der Waals surface area contributed by atoms with E-state index in [2.05, 4.69) is 43.5 Å². The molecule has 0 aliphatic rings. The number of aliphatic hydroxyl groups excluding tert-OH is 2. The van der Waals surface area contributed by atoms with E-state index in [1.807, 2.05) is 0 Å². The second-order valence-corrected chi connectivity index (χ2v) is 26.3. The lowest BCUT2D eigenvalue weighted by Crippen LogP contribution is -2.45. The van der Waals surface area contributed by atoms with E-state index in [9.17, 15) is 19.8 Å². The lowest BCUT2D eigenvalue weighted by atomic mass is 10.0. The quantitative estimate of drug-likeness (QED) is 0.0320. The SMILES string of the molecule is CCCCC/C=C\C/C=C\CCCCCCCCCCCC(=O)OCCCCCCCCCCCCCCCCCCCCCCCCCCCCC(=O)NC(CO)C(O)CCCCCCCCCCCCCCCCCCCCCCC. The summed E-state index contributed by atoms with van der Waals surface area (Å²) in [6, 6.07) is -0.541. The van der Waals surface area contributed by atoms with E-state index in [-0.39, 0.29) is 18.5 Å². The molecule has 0 aliphatic carbocycles. The molecule has 2 atom stereocenters. The van der Waals surface area contributed by atoms with Gasteiger partial charge in [-0.2, -0.15) is 0 Å². The maximum Gasteiger partial charge on any atom is 0.305 e. The van der Waals surface area contributed by atoms with E-state index in [4.69, 9.17) is 4.74 Å². The van der Waals surface area contributed by atoms with Crippen molar-refractivity contribution < 1.29 is 24.5 Å². The van der Waals surface area contributed by atoms with E-state index in [0.29, 0.717) is 25.9 Å². The third-order valence-corrected chi connectivity index (χ3v) is 18.0. The first-order valence-electron chi connectivity index (χ1n) is 38.1. The summed E-state index contributed by atoms with van der Waals surface area (Å²) in [6.07, 6.45) is 92.4. The van der Waals surface area contributed by atoms with Crippen molar-refractivity contribution in [3.05, 3.63) is 24.3 Å². The molecule has 492 valence electrons. The summed E-state index contributed by atoms with van der Waals surface area (Å²) in [5.74, 6) is -0.0131. The molecule has 1 amide bonds. The lowest BCUT2D eigenvalue weighted by molar-refractivity contribution is -0.143. The van der Waals surface area contributed by atoms with Gasteiger partial charge in [-0.25, -0.2) is 0 Å². The Morgan fingerprint density at radius 2 is 0.602 bits per heavy atom. The summed E-state index contributed by atoms with van der Waals surface area (Å²) in [7, 11) is 0. The number of hydrogen-bond donors (Lipinski definition) is 3. The van der Waals surface area contributed by atoms with Crippen LogP contribution in [-0.4, -0.2) is 47.4 Å². The smallest absolute Gasteiger partial charge is 0.305 e. The number of unbranched alkanes of at least 4 members (excludes halogenated alkanes) is 57. The van der Waals surface area contributed by atoms with Crippen LogP contribution in [0.15, 0.2) is 24.3 Å². The summed E-state index contributed by atoms with van der Waals surface area (Å²) < 4.78 is 5.51. The molecule has 0 saturated carbocycles. The van der Waals surface area contributed by atoms with E-state index >= 15 is 0 Å². The average Bonchev–Trinajstić information content (AvgIpc) is 3.49. The van der Waals surface area contributed by atoms with Gasteiger partial charge >= 0.3 is 5.97 Å². The minimum atomic E-state index is -0.664. The summed E-state index contributed by atoms with van der Waals surface area (Å²) in [5, 5.41) is 23.4. The highest BCUT2D eigenvalue weighted by atomic mass is 16.5. The Hall–Kier alpha value is -1.66. The first kappa shape index (κ1) is 81.3. The van der Waals surface area contributed by atoms with Crippen LogP contribution in [0, 0.1) is 0 Å². The Bertz CT molecular complexity index is 1300. The van der Waals surface area contributed by atoms with Gasteiger partial charge in [0.1, 0.15) is 0 Å². The monoisotopic (exact) mass is 1170 g/mol. The topological polar surface area (TPSA) is 95.9 Å². The van der Waals surface area contributed by atoms with Crippen LogP contribution in [0.25, 0.3) is 0 Å². The number of nitrogens with one attached hydrogen (secondary N) is 1. The molecule has 0 fully saturated rings. The van der Waals surface area contributed by atoms with Gasteiger partial charge in [0, 0.05) is 12.8 Å². The highest BCUT2D eigenvalue weighted by molar-refractivity contribution is 5.76. The van der Waals surface area contributed by atoms with Gasteiger partial charge in [-0.3, -0.25) is 9.59 Å². The van der Waals surface area contributed by atoms with Crippen molar-refractivity contribution in [3.8, 4) is 0 Å². The van der Waals surface area contributed by atoms with E-state index in [0.717, 1.165) is 51.4 Å². The molecule has 0 spiro atoms. The van der Waals surface area contributed by atoms with Crippen molar-refractivity contribution in [2.24, 2.45) is 0 Å². The number of amides is 1. The number of carbonyl (C=O) groups excluding carboxylic acids is 2. The van der Waals surface area contributed by atoms with Gasteiger partial charge in [0.25, 0.3) is 0 Å². The summed E-state index contributed by atoms with van der Waals surface area (Å²) in [4.78, 5) is 24.7. The van der Waals surface area contributed by atoms with Gasteiger partial charge in [0.15, 0.2) is 0 Å². The van der Waals surface area contributed by atoms with Gasteiger partial charge in [0.05, 0.1) is 25.4 Å². The predicted molar refractivity (Wildman–Crippen MR) is 366 cm³/mol. The molecule has 6 heteroatoms. The van der Waals surface area contributed by atoms with Gasteiger partial charge in [-0.15, -0.1) is 0 Å². The highest BCUT2D eigenvalue weighted by Crippen LogP contribution is 2.20. The van der Waals surface area contributed by atoms with E-state index < -0.39 is 12.1 Å². The fraction of sp³-hybridized carbons (Fsp3) is 0.922. The van der Waals surface area contributed by atoms with Crippen LogP contribution in [0.2, 0.25) is 0 Å². The Labute approximate surface area is 520 Å². The second kappa shape index (κ2) is 72.8. The number of allylic oxidation sites excluding steroid dienone is 4. The van der Waals surface area contributed by atoms with Crippen LogP contribution >= 0.6 is 0 Å². The molecule has 0 heterocycles. The van der Waals surface area contributed by atoms with Crippen LogP contribution < -0.4 is 5.32 Å². The standard InChI is InChI=1S/C77H149NO5/c1-3-5-7-9-11-13-15-17-19-21-23-30-34-37-41-45-49-53-57-61-65-69-75(80)74(73-79)78-76(81)70-66-62-58-54-50-46-42-38-35-31-28-26-24-25-27-29-32-36-40-44-48-52-56-60-64-68-72-83-77(82)71-67-63-59-55-51-47-43-39-33-22-20-18-16-14-12-10-8-6-4-2/h12,14,18,20,74-75,79-80H,3-11,13,15-17,19,21-73H2,1-2H3,(H,78,81)/b14-12-,20-18-. The molecule has 0 aromatic carbocycles. The Morgan fingerprint density at radius 3 is 0.940 bits per heavy atom. The molecule has 6 nitrogen and oxygen atoms in total. The van der Waals surface area contributed by atoms with Crippen molar-refractivity contribution in [2.45, 2.75) is 443 Å². The number of aliphatic hydroxyl groups is 2. The van der Waals surface area contributed by atoms with E-state index in [1.165, 1.54) is 347 Å². The van der Waals surface area contributed by atoms with Crippen molar-refractivity contribution in [2.75, 3.05) is 13.2 Å². The van der Waals surface area contributed by atoms with Gasteiger partial charge in [0.2, 0.25) is 5.91 Å². The van der Waals surface area contributed by atoms with Gasteiger partial charge < -0.3 is 20.3 Å². The zero-order valence-electron chi connectivity index (χ0n) is 56.5. The third-order valence-electron chi connectivity index (χ3n) is 18.0. The zero-order chi connectivity index (χ0) is 59.9. The maximum atomic E-state index is 12.6. The molecule has 0 radical (unpaired) electrons. The van der Waals surface area contributed by atoms with Crippen LogP contribution in [0.1, 0.15) is 431 Å². The first-order chi connectivity index (χ1) is 41.0. The van der Waals surface area contributed by atoms with Crippen LogP contribution in [-0.2, 0) is 14.3 Å². The largest absolute Gasteiger partial charge is 0.466 e. The number of esters is 1. The van der Waals surface area contributed by atoms with Gasteiger partial charge in [-0.1, -0.05) is 385 Å². The first-order valence-corrected chi connectivity index (χ1v) is 38.1. The molecule has 83 heavy (non-hydrogen) atoms. The Morgan fingerprint density at radius 1 is 0.337 bits per heavy atom. The van der Waals surface area contributed by atoms with Crippen molar-refractivity contribution >= 4 is 11.9 Å². The maximum absolute atomic E-state index is 12.6. The van der Waals surface area contributed by atoms with Crippen LogP contribution in [0.5, 0.6) is 0 Å². The minimum Gasteiger partial charge on any atom is -0.466 e. The molecule has 0 rings (SSSR count). The lowest BCUT2D eigenvalue weighted by Gasteiger charge is -2.22. The molecule has 0 saturated heterocycles. The molecule has 0 aromatic heterocycles. The molecule has 2 unspecified atom stereocenters. The molecule has 0 bridgehead atoms. The molecule has 0 aromatic rings. The predicted octanol–water partition coefficient (Wildman–Crippen LogP) is 24.9. The summed E-state index contributed by atoms with van der Waals surface area (Å²) in [6.45, 7) is 4.98. The second-order valence-electron chi connectivity index (χ2n) is 26.3. The Kier molecular flexibility index (Phi) is 71.4. The summed E-state index contributed by atoms with van der Waals surface area (Å²) >= 11 is 0. The molecular formula is C77H149NO5. The summed E-state index contributed by atoms with van der Waals surface area (Å²) in [5.41, 5.74) is 0. The number of rotatable bonds is 72. The average molecular weight is 1170 g/mol.